The van der Waals surface area contributed by atoms with Gasteiger partial charge in [0, 0.05) is 29.9 Å². The van der Waals surface area contributed by atoms with Gasteiger partial charge < -0.3 is 15.7 Å². The first kappa shape index (κ1) is 23.5. The van der Waals surface area contributed by atoms with Gasteiger partial charge in [-0.25, -0.2) is 4.98 Å². The molecule has 4 N–H and O–H groups in total. The number of nitrogens with zero attached hydrogens (tertiary/aromatic N) is 2. The molecule has 2 atom stereocenters. The molecule has 164 valence electrons. The summed E-state index contributed by atoms with van der Waals surface area (Å²) < 4.78 is 0. The Morgan fingerprint density at radius 3 is 2.90 bits per heavy atom. The Kier molecular flexibility index (Phi) is 9.99. The number of aromatic nitrogens is 3. The summed E-state index contributed by atoms with van der Waals surface area (Å²) >= 11 is 1.55. The molecule has 2 aromatic heterocycles. The van der Waals surface area contributed by atoms with Gasteiger partial charge in [0.15, 0.2) is 0 Å². The molecule has 1 aliphatic carbocycles. The second-order valence-corrected chi connectivity index (χ2v) is 8.19. The van der Waals surface area contributed by atoms with E-state index in [9.17, 15) is 9.59 Å². The average Bonchev–Trinajstić information content (AvgIpc) is 3.39. The molecule has 1 aliphatic rings. The molecular formula is C20H29N5O4S. The van der Waals surface area contributed by atoms with Crippen molar-refractivity contribution in [2.45, 2.75) is 57.9 Å². The fourth-order valence-electron chi connectivity index (χ4n) is 3.51. The number of aryl methyl sites for hydroxylation is 1. The number of H-pyrrole nitrogens is 1. The number of hydrogen-bond acceptors (Lipinski definition) is 6. The number of carbonyl (C=O) groups is 3. The smallest absolute Gasteiger partial charge is 0.290 e. The summed E-state index contributed by atoms with van der Waals surface area (Å²) in [7, 11) is 0. The van der Waals surface area contributed by atoms with Crippen LogP contribution in [0.3, 0.4) is 0 Å². The number of rotatable bonds is 8. The third-order valence-electron chi connectivity index (χ3n) is 4.86. The number of hydrogen-bond donors (Lipinski definition) is 4. The number of nitrogens with one attached hydrogen (secondary N) is 3. The van der Waals surface area contributed by atoms with E-state index in [4.69, 9.17) is 9.90 Å². The molecule has 2 aromatic rings. The van der Waals surface area contributed by atoms with E-state index >= 15 is 0 Å². The van der Waals surface area contributed by atoms with Crippen LogP contribution in [-0.2, 0) is 22.4 Å². The molecule has 2 amide bonds. The largest absolute Gasteiger partial charge is 0.483 e. The second-order valence-electron chi connectivity index (χ2n) is 7.25. The molecule has 0 unspecified atom stereocenters. The molecule has 0 aliphatic heterocycles. The molecule has 1 saturated carbocycles. The molecule has 0 saturated heterocycles. The summed E-state index contributed by atoms with van der Waals surface area (Å²) in [6, 6.07) is 1.98. The highest BCUT2D eigenvalue weighted by Gasteiger charge is 2.24. The Bertz CT molecular complexity index is 793. The lowest BCUT2D eigenvalue weighted by molar-refractivity contribution is -0.123. The van der Waals surface area contributed by atoms with E-state index in [0.717, 1.165) is 49.2 Å². The summed E-state index contributed by atoms with van der Waals surface area (Å²) in [6.07, 6.45) is 7.94. The van der Waals surface area contributed by atoms with Crippen molar-refractivity contribution in [2.24, 2.45) is 5.92 Å². The van der Waals surface area contributed by atoms with E-state index in [-0.39, 0.29) is 24.3 Å². The zero-order valence-corrected chi connectivity index (χ0v) is 17.9. The molecule has 0 radical (unpaired) electrons. The molecular weight excluding hydrogens is 406 g/mol. The van der Waals surface area contributed by atoms with Gasteiger partial charge in [-0.3, -0.25) is 19.5 Å². The Labute approximate surface area is 179 Å². The van der Waals surface area contributed by atoms with Crippen molar-refractivity contribution in [1.29, 1.82) is 0 Å². The third-order valence-corrected chi connectivity index (χ3v) is 5.77. The molecule has 1 fully saturated rings. The number of thiazole rings is 1. The van der Waals surface area contributed by atoms with Crippen molar-refractivity contribution in [3.05, 3.63) is 34.0 Å². The van der Waals surface area contributed by atoms with Gasteiger partial charge in [0.2, 0.25) is 5.91 Å². The topological polar surface area (TPSA) is 137 Å². The average molecular weight is 436 g/mol. The van der Waals surface area contributed by atoms with E-state index < -0.39 is 0 Å². The minimum Gasteiger partial charge on any atom is -0.483 e. The van der Waals surface area contributed by atoms with E-state index in [2.05, 4.69) is 32.7 Å². The molecule has 30 heavy (non-hydrogen) atoms. The maximum atomic E-state index is 12.3. The minimum atomic E-state index is -0.250. The van der Waals surface area contributed by atoms with Crippen LogP contribution in [0.5, 0.6) is 0 Å². The first-order chi connectivity index (χ1) is 14.5. The van der Waals surface area contributed by atoms with Crippen LogP contribution in [0.25, 0.3) is 0 Å². The maximum absolute atomic E-state index is 12.3. The lowest BCUT2D eigenvalue weighted by Gasteiger charge is -2.29. The monoisotopic (exact) mass is 435 g/mol. The van der Waals surface area contributed by atoms with Gasteiger partial charge in [-0.15, -0.1) is 11.3 Å². The summed E-state index contributed by atoms with van der Waals surface area (Å²) in [4.78, 5) is 37.2. The zero-order valence-electron chi connectivity index (χ0n) is 17.1. The zero-order chi connectivity index (χ0) is 21.8. The van der Waals surface area contributed by atoms with Crippen LogP contribution in [0.15, 0.2) is 17.6 Å². The van der Waals surface area contributed by atoms with Gasteiger partial charge in [0.25, 0.3) is 12.4 Å². The summed E-state index contributed by atoms with van der Waals surface area (Å²) in [5.74, 6) is 0.299. The number of carbonyl (C=O) groups excluding carboxylic acids is 2. The van der Waals surface area contributed by atoms with E-state index in [1.54, 1.807) is 17.5 Å². The van der Waals surface area contributed by atoms with Crippen molar-refractivity contribution in [1.82, 2.24) is 25.8 Å². The molecule has 0 bridgehead atoms. The lowest BCUT2D eigenvalue weighted by Crippen LogP contribution is -2.41. The number of carboxylic acid groups (broad SMARTS) is 1. The standard InChI is InChI=1S/C19H27N5O2S.CH2O2/c1-2-4-18-23-16(12-27-18)19(26)20-11-13-5-3-6-14(9-13)22-17(25)10-15-7-8-21-24-15;2-1-3/h7-8,12-14H,2-6,9-11H2,1H3,(H,20,26)(H,21,24)(H,22,25);1H,(H,2,3)/t13-,14+;/m1./s1. The molecule has 0 aromatic carbocycles. The first-order valence-corrected chi connectivity index (χ1v) is 11.0. The number of amides is 2. The molecule has 3 rings (SSSR count). The Morgan fingerprint density at radius 1 is 1.40 bits per heavy atom. The van der Waals surface area contributed by atoms with Gasteiger partial charge in [-0.05, 0) is 44.1 Å². The van der Waals surface area contributed by atoms with Crippen LogP contribution in [-0.4, -0.2) is 51.2 Å². The highest BCUT2D eigenvalue weighted by molar-refractivity contribution is 7.09. The van der Waals surface area contributed by atoms with Crippen LogP contribution in [0, 0.1) is 5.92 Å². The van der Waals surface area contributed by atoms with Crippen molar-refractivity contribution >= 4 is 29.6 Å². The first-order valence-electron chi connectivity index (χ1n) is 10.1. The van der Waals surface area contributed by atoms with Crippen molar-refractivity contribution in [3.8, 4) is 0 Å². The van der Waals surface area contributed by atoms with Gasteiger partial charge in [-0.2, -0.15) is 5.10 Å². The third kappa shape index (κ3) is 7.94. The van der Waals surface area contributed by atoms with Gasteiger partial charge in [0.1, 0.15) is 5.69 Å². The van der Waals surface area contributed by atoms with E-state index in [0.29, 0.717) is 24.6 Å². The fraction of sp³-hybridized carbons (Fsp3) is 0.550. The second kappa shape index (κ2) is 12.7. The van der Waals surface area contributed by atoms with Crippen LogP contribution in [0.4, 0.5) is 0 Å². The van der Waals surface area contributed by atoms with Crippen molar-refractivity contribution in [3.63, 3.8) is 0 Å². The molecule has 2 heterocycles. The summed E-state index contributed by atoms with van der Waals surface area (Å²) in [5.41, 5.74) is 1.33. The van der Waals surface area contributed by atoms with Crippen LogP contribution in [0.2, 0.25) is 0 Å². The van der Waals surface area contributed by atoms with Crippen LogP contribution in [0.1, 0.15) is 60.2 Å². The highest BCUT2D eigenvalue weighted by Crippen LogP contribution is 2.24. The molecule has 10 heteroatoms. The van der Waals surface area contributed by atoms with Gasteiger partial charge in [-0.1, -0.05) is 13.3 Å². The van der Waals surface area contributed by atoms with Crippen molar-refractivity contribution < 1.29 is 19.5 Å². The molecule has 9 nitrogen and oxygen atoms in total. The molecule has 0 spiro atoms. The Balaban J connectivity index is 0.00000101. The maximum Gasteiger partial charge on any atom is 0.290 e. The SMILES string of the molecule is CCCc1nc(C(=O)NC[C@@H]2CCC[C@H](NC(=O)Cc3ccn[nH]3)C2)cs1.O=CO. The summed E-state index contributed by atoms with van der Waals surface area (Å²) in [5, 5.41) is 22.5. The van der Waals surface area contributed by atoms with E-state index in [1.165, 1.54) is 0 Å². The Hall–Kier alpha value is -2.75. The highest BCUT2D eigenvalue weighted by atomic mass is 32.1. The normalized spacial score (nSPS) is 18.0. The summed E-state index contributed by atoms with van der Waals surface area (Å²) in [6.45, 7) is 2.49. The quantitative estimate of drug-likeness (QED) is 0.469. The van der Waals surface area contributed by atoms with Gasteiger partial charge >= 0.3 is 0 Å². The van der Waals surface area contributed by atoms with Crippen LogP contribution < -0.4 is 10.6 Å². The Morgan fingerprint density at radius 2 is 2.20 bits per heavy atom. The predicted molar refractivity (Wildman–Crippen MR) is 113 cm³/mol. The lowest BCUT2D eigenvalue weighted by atomic mass is 9.85. The van der Waals surface area contributed by atoms with E-state index in [1.807, 2.05) is 11.4 Å². The van der Waals surface area contributed by atoms with Crippen LogP contribution >= 0.6 is 11.3 Å². The van der Waals surface area contributed by atoms with Crippen molar-refractivity contribution in [2.75, 3.05) is 6.54 Å². The van der Waals surface area contributed by atoms with Gasteiger partial charge in [0.05, 0.1) is 11.4 Å². The fourth-order valence-corrected chi connectivity index (χ4v) is 4.39. The predicted octanol–water partition coefficient (Wildman–Crippen LogP) is 2.17. The minimum absolute atomic E-state index is 0.0138. The number of aromatic amines is 1.